The topological polar surface area (TPSA) is 114 Å². The smallest absolute Gasteiger partial charge is 0.276 e. The number of hydrogen-bond donors (Lipinski definition) is 3. The zero-order valence-electron chi connectivity index (χ0n) is 17.7. The Morgan fingerprint density at radius 2 is 1.78 bits per heavy atom. The largest absolute Gasteiger partial charge is 0.495 e. The van der Waals surface area contributed by atoms with Crippen LogP contribution < -0.4 is 25.6 Å². The molecule has 0 aliphatic carbocycles. The molecule has 0 bridgehead atoms. The second-order valence-electron chi connectivity index (χ2n) is 6.73. The predicted molar refractivity (Wildman–Crippen MR) is 121 cm³/mol. The number of para-hydroxylation sites is 3. The third kappa shape index (κ3) is 5.64. The van der Waals surface area contributed by atoms with Gasteiger partial charge in [0.05, 0.1) is 24.0 Å². The number of amides is 2. The lowest BCUT2D eigenvalue weighted by Crippen LogP contribution is -2.34. The number of benzene rings is 2. The van der Waals surface area contributed by atoms with Gasteiger partial charge in [-0.05, 0) is 37.1 Å². The summed E-state index contributed by atoms with van der Waals surface area (Å²) in [5.74, 6) is 0.113. The Hall–Kier alpha value is -3.85. The van der Waals surface area contributed by atoms with Crippen molar-refractivity contribution in [2.45, 2.75) is 13.8 Å². The van der Waals surface area contributed by atoms with E-state index in [0.29, 0.717) is 17.2 Å². The minimum absolute atomic E-state index is 0.0139. The lowest BCUT2D eigenvalue weighted by Gasteiger charge is -2.13. The molecule has 3 N–H and O–H groups in total. The Balaban J connectivity index is 1.61. The van der Waals surface area contributed by atoms with Crippen molar-refractivity contribution in [3.63, 3.8) is 0 Å². The lowest BCUT2D eigenvalue weighted by molar-refractivity contribution is -0.122. The number of nitrogens with zero attached hydrogens (tertiary/aromatic N) is 2. The van der Waals surface area contributed by atoms with Crippen LogP contribution in [0.4, 0.5) is 11.6 Å². The summed E-state index contributed by atoms with van der Waals surface area (Å²) in [7, 11) is 1.50. The Bertz CT molecular complexity index is 1120. The molecule has 3 aromatic rings. The number of methoxy groups -OCH3 is 1. The Morgan fingerprint density at radius 1 is 1.06 bits per heavy atom. The van der Waals surface area contributed by atoms with Gasteiger partial charge >= 0.3 is 0 Å². The number of carbonyl (C=O) groups is 2. The van der Waals surface area contributed by atoms with Crippen molar-refractivity contribution in [1.29, 1.82) is 0 Å². The van der Waals surface area contributed by atoms with Gasteiger partial charge in [-0.1, -0.05) is 41.9 Å². The summed E-state index contributed by atoms with van der Waals surface area (Å²) in [5, 5.41) is 2.73. The number of carbonyl (C=O) groups excluding carboxylic acids is 2. The van der Waals surface area contributed by atoms with Crippen LogP contribution in [0.25, 0.3) is 0 Å². The van der Waals surface area contributed by atoms with Gasteiger partial charge in [0.2, 0.25) is 5.95 Å². The first-order valence-electron chi connectivity index (χ1n) is 9.60. The van der Waals surface area contributed by atoms with Crippen molar-refractivity contribution in [2.24, 2.45) is 0 Å². The molecule has 0 radical (unpaired) electrons. The molecule has 0 aliphatic heterocycles. The lowest BCUT2D eigenvalue weighted by atomic mass is 10.1. The zero-order valence-corrected chi connectivity index (χ0v) is 18.5. The van der Waals surface area contributed by atoms with E-state index in [2.05, 4.69) is 26.1 Å². The molecule has 2 aromatic carbocycles. The van der Waals surface area contributed by atoms with Gasteiger partial charge in [0, 0.05) is 0 Å². The van der Waals surface area contributed by atoms with Crippen LogP contribution in [0.5, 0.6) is 11.5 Å². The summed E-state index contributed by atoms with van der Waals surface area (Å²) >= 11 is 6.09. The van der Waals surface area contributed by atoms with E-state index in [1.165, 1.54) is 13.3 Å². The van der Waals surface area contributed by atoms with E-state index in [0.717, 1.165) is 11.1 Å². The number of nitrogens with one attached hydrogen (secondary N) is 3. The van der Waals surface area contributed by atoms with Crippen molar-refractivity contribution in [3.05, 3.63) is 70.5 Å². The summed E-state index contributed by atoms with van der Waals surface area (Å²) in [4.78, 5) is 32.8. The second-order valence-corrected chi connectivity index (χ2v) is 7.13. The molecular formula is C22H22ClN5O4. The Kier molecular flexibility index (Phi) is 7.45. The number of hydrazine groups is 1. The van der Waals surface area contributed by atoms with Crippen LogP contribution in [-0.4, -0.2) is 35.5 Å². The van der Waals surface area contributed by atoms with Crippen LogP contribution in [-0.2, 0) is 4.79 Å². The number of anilines is 2. The summed E-state index contributed by atoms with van der Waals surface area (Å²) < 4.78 is 10.8. The minimum Gasteiger partial charge on any atom is -0.495 e. The van der Waals surface area contributed by atoms with Gasteiger partial charge in [0.1, 0.15) is 11.5 Å². The summed E-state index contributed by atoms with van der Waals surface area (Å²) in [6, 6.07) is 12.6. The molecule has 166 valence electrons. The number of rotatable bonds is 8. The molecule has 0 spiro atoms. The molecule has 1 heterocycles. The van der Waals surface area contributed by atoms with Crippen LogP contribution in [0.3, 0.4) is 0 Å². The second kappa shape index (κ2) is 10.5. The van der Waals surface area contributed by atoms with Gasteiger partial charge in [0.25, 0.3) is 11.8 Å². The molecular weight excluding hydrogens is 434 g/mol. The highest BCUT2D eigenvalue weighted by Gasteiger charge is 2.16. The van der Waals surface area contributed by atoms with Gasteiger partial charge in [-0.3, -0.25) is 20.4 Å². The van der Waals surface area contributed by atoms with Crippen LogP contribution in [0.15, 0.2) is 48.7 Å². The summed E-state index contributed by atoms with van der Waals surface area (Å²) in [6.07, 6.45) is 1.26. The highest BCUT2D eigenvalue weighted by atomic mass is 35.5. The molecule has 10 heteroatoms. The molecule has 9 nitrogen and oxygen atoms in total. The number of ether oxygens (including phenoxy) is 2. The third-order valence-electron chi connectivity index (χ3n) is 4.38. The van der Waals surface area contributed by atoms with E-state index >= 15 is 0 Å². The van der Waals surface area contributed by atoms with Crippen LogP contribution >= 0.6 is 11.6 Å². The van der Waals surface area contributed by atoms with Gasteiger partial charge < -0.3 is 14.8 Å². The fourth-order valence-corrected chi connectivity index (χ4v) is 3.02. The van der Waals surface area contributed by atoms with Gasteiger partial charge in [-0.2, -0.15) is 0 Å². The molecule has 0 aliphatic rings. The SMILES string of the molecule is COc1ccccc1NC(=O)c1nc(NNC(=O)COc2c(C)cccc2C)ncc1Cl. The molecule has 0 unspecified atom stereocenters. The summed E-state index contributed by atoms with van der Waals surface area (Å²) in [5.41, 5.74) is 7.22. The number of hydrogen-bond acceptors (Lipinski definition) is 7. The van der Waals surface area contributed by atoms with E-state index in [-0.39, 0.29) is 23.3 Å². The van der Waals surface area contributed by atoms with Crippen molar-refractivity contribution in [3.8, 4) is 11.5 Å². The van der Waals surface area contributed by atoms with Gasteiger partial charge in [-0.25, -0.2) is 9.97 Å². The Morgan fingerprint density at radius 3 is 2.50 bits per heavy atom. The van der Waals surface area contributed by atoms with E-state index in [1.807, 2.05) is 32.0 Å². The fourth-order valence-electron chi connectivity index (χ4n) is 2.84. The van der Waals surface area contributed by atoms with Crippen LogP contribution in [0, 0.1) is 13.8 Å². The highest BCUT2D eigenvalue weighted by Crippen LogP contribution is 2.25. The molecule has 0 fully saturated rings. The molecule has 0 saturated heterocycles. The first-order valence-corrected chi connectivity index (χ1v) is 9.97. The van der Waals surface area contributed by atoms with E-state index in [1.54, 1.807) is 24.3 Å². The molecule has 2 amide bonds. The van der Waals surface area contributed by atoms with Crippen molar-refractivity contribution >= 4 is 35.1 Å². The van der Waals surface area contributed by atoms with Gasteiger partial charge in [0.15, 0.2) is 12.3 Å². The average Bonchev–Trinajstić information content (AvgIpc) is 2.78. The summed E-state index contributed by atoms with van der Waals surface area (Å²) in [6.45, 7) is 3.59. The monoisotopic (exact) mass is 455 g/mol. The zero-order chi connectivity index (χ0) is 23.1. The number of aromatic nitrogens is 2. The fraction of sp³-hybridized carbons (Fsp3) is 0.182. The first kappa shape index (κ1) is 22.8. The predicted octanol–water partition coefficient (Wildman–Crippen LogP) is 3.53. The third-order valence-corrected chi connectivity index (χ3v) is 4.66. The van der Waals surface area contributed by atoms with E-state index < -0.39 is 11.8 Å². The maximum atomic E-state index is 12.6. The molecule has 0 atom stereocenters. The molecule has 3 rings (SSSR count). The maximum Gasteiger partial charge on any atom is 0.276 e. The van der Waals surface area contributed by atoms with Crippen molar-refractivity contribution in [1.82, 2.24) is 15.4 Å². The molecule has 32 heavy (non-hydrogen) atoms. The Labute approximate surface area is 190 Å². The minimum atomic E-state index is -0.561. The molecule has 0 saturated carbocycles. The van der Waals surface area contributed by atoms with Crippen molar-refractivity contribution < 1.29 is 19.1 Å². The number of aryl methyl sites for hydroxylation is 2. The van der Waals surface area contributed by atoms with Gasteiger partial charge in [-0.15, -0.1) is 0 Å². The highest BCUT2D eigenvalue weighted by molar-refractivity contribution is 6.34. The quantitative estimate of drug-likeness (QED) is 0.445. The standard InChI is InChI=1S/C22H22ClN5O4/c1-13-7-6-8-14(2)20(13)32-12-18(29)27-28-22-24-11-15(23)19(26-22)21(30)25-16-9-4-5-10-17(16)31-3/h4-11H,12H2,1-3H3,(H,25,30)(H,27,29)(H,24,26,28). The van der Waals surface area contributed by atoms with Crippen molar-refractivity contribution in [2.75, 3.05) is 24.5 Å². The first-order chi connectivity index (χ1) is 15.4. The van der Waals surface area contributed by atoms with E-state index in [4.69, 9.17) is 21.1 Å². The molecule has 1 aromatic heterocycles. The van der Waals surface area contributed by atoms with Crippen LogP contribution in [0.1, 0.15) is 21.6 Å². The average molecular weight is 456 g/mol. The normalized spacial score (nSPS) is 10.2. The number of halogens is 1. The van der Waals surface area contributed by atoms with Crippen LogP contribution in [0.2, 0.25) is 5.02 Å². The maximum absolute atomic E-state index is 12.6. The van der Waals surface area contributed by atoms with E-state index in [9.17, 15) is 9.59 Å².